The normalized spacial score (nSPS) is 12.2. The van der Waals surface area contributed by atoms with Crippen molar-refractivity contribution in [3.8, 4) is 0 Å². The third-order valence-corrected chi connectivity index (χ3v) is 7.11. The molecule has 0 spiro atoms. The molecule has 1 amide bonds. The summed E-state index contributed by atoms with van der Waals surface area (Å²) in [6, 6.07) is 18.9. The summed E-state index contributed by atoms with van der Waals surface area (Å²) in [4.78, 5) is 29.6. The fourth-order valence-corrected chi connectivity index (χ4v) is 4.93. The Kier molecular flexibility index (Phi) is 11.1. The summed E-state index contributed by atoms with van der Waals surface area (Å²) < 4.78 is 28.9. The minimum atomic E-state index is -3.67. The van der Waals surface area contributed by atoms with Crippen molar-refractivity contribution in [2.75, 3.05) is 19.3 Å². The molecule has 42 heavy (non-hydrogen) atoms. The summed E-state index contributed by atoms with van der Waals surface area (Å²) in [7, 11) is -3.67. The zero-order chi connectivity index (χ0) is 31.2. The van der Waals surface area contributed by atoms with Gasteiger partial charge in [0.25, 0.3) is 16.0 Å². The number of carbonyl (C=O) groups is 1. The number of fused-ring (bicyclic) bond motifs is 1. The van der Waals surface area contributed by atoms with Crippen LogP contribution in [0.4, 0.5) is 0 Å². The molecule has 12 heteroatoms. The van der Waals surface area contributed by atoms with E-state index in [1.165, 1.54) is 4.52 Å². The maximum atomic E-state index is 13.9. The van der Waals surface area contributed by atoms with E-state index < -0.39 is 16.2 Å². The zero-order valence-corrected chi connectivity index (χ0v) is 26.1. The van der Waals surface area contributed by atoms with Gasteiger partial charge in [0, 0.05) is 17.8 Å². The number of hydrogen-bond acceptors (Lipinski definition) is 6. The van der Waals surface area contributed by atoms with Crippen molar-refractivity contribution in [1.29, 1.82) is 0 Å². The second-order valence-corrected chi connectivity index (χ2v) is 12.4. The molecule has 4 aromatic rings. The first-order valence-electron chi connectivity index (χ1n) is 13.6. The highest BCUT2D eigenvalue weighted by molar-refractivity contribution is 7.85. The summed E-state index contributed by atoms with van der Waals surface area (Å²) in [5.74, 6) is -0.0969. The fourth-order valence-electron chi connectivity index (χ4n) is 4.76. The standard InChI is InChI=1S/C29H34ClN5O2.CH4O3S/c1-19(2)27(33(16-8-15-31)28(36)23-13-11-20(3)12-14-23)25-17-24-26(30)21(4)32-35(24)29(37)34(25)18-22-9-6-5-7-10-22;1-5(2,3)4/h5-7,9-14,17,19,27H,8,15-16,18,31H2,1-4H3;1H3,(H,2,3,4)/t27-;/m0./s1. The van der Waals surface area contributed by atoms with E-state index in [9.17, 15) is 18.0 Å². The molecule has 0 aliphatic carbocycles. The largest absolute Gasteiger partial charge is 0.349 e. The SMILES string of the molecule is CS(=O)(=O)O.Cc1ccc(C(=O)N(CCCN)[C@H](c2cc3c(Cl)c(C)nn3c(=O)n2Cc2ccccc2)C(C)C)cc1. The quantitative estimate of drug-likeness (QED) is 0.264. The number of nitrogens with two attached hydrogens (primary N) is 1. The number of aryl methyl sites for hydroxylation is 2. The van der Waals surface area contributed by atoms with Gasteiger partial charge in [-0.2, -0.15) is 18.0 Å². The molecule has 2 aromatic carbocycles. The molecular formula is C30H38ClN5O5S. The van der Waals surface area contributed by atoms with E-state index in [-0.39, 0.29) is 17.5 Å². The van der Waals surface area contributed by atoms with E-state index in [1.54, 1.807) is 11.5 Å². The van der Waals surface area contributed by atoms with E-state index >= 15 is 0 Å². The van der Waals surface area contributed by atoms with Crippen LogP contribution < -0.4 is 11.4 Å². The molecule has 0 radical (unpaired) electrons. The zero-order valence-electron chi connectivity index (χ0n) is 24.5. The first kappa shape index (κ1) is 33.0. The van der Waals surface area contributed by atoms with Crippen molar-refractivity contribution < 1.29 is 17.8 Å². The van der Waals surface area contributed by atoms with Crippen LogP contribution in [0.5, 0.6) is 0 Å². The lowest BCUT2D eigenvalue weighted by atomic mass is 9.96. The van der Waals surface area contributed by atoms with Crippen LogP contribution in [-0.2, 0) is 16.7 Å². The van der Waals surface area contributed by atoms with Gasteiger partial charge in [0.15, 0.2) is 0 Å². The average Bonchev–Trinajstić information content (AvgIpc) is 3.21. The van der Waals surface area contributed by atoms with Crippen molar-refractivity contribution in [3.05, 3.63) is 104 Å². The summed E-state index contributed by atoms with van der Waals surface area (Å²) in [6.07, 6.45) is 1.35. The number of nitrogens with zero attached hydrogens (tertiary/aromatic N) is 4. The topological polar surface area (TPSA) is 140 Å². The molecule has 0 unspecified atom stereocenters. The summed E-state index contributed by atoms with van der Waals surface area (Å²) in [5, 5.41) is 4.84. The van der Waals surface area contributed by atoms with Crippen LogP contribution in [-0.4, -0.2) is 57.3 Å². The van der Waals surface area contributed by atoms with Crippen molar-refractivity contribution in [3.63, 3.8) is 0 Å². The molecule has 0 saturated heterocycles. The lowest BCUT2D eigenvalue weighted by Crippen LogP contribution is -2.42. The molecule has 1 atom stereocenters. The number of rotatable bonds is 9. The smallest absolute Gasteiger partial charge is 0.330 e. The molecule has 2 heterocycles. The van der Waals surface area contributed by atoms with Crippen LogP contribution >= 0.6 is 11.6 Å². The van der Waals surface area contributed by atoms with E-state index in [2.05, 4.69) is 18.9 Å². The Bertz CT molecular complexity index is 1680. The number of amides is 1. The van der Waals surface area contributed by atoms with Gasteiger partial charge in [0.05, 0.1) is 35.1 Å². The predicted octanol–water partition coefficient (Wildman–Crippen LogP) is 4.51. The van der Waals surface area contributed by atoms with Gasteiger partial charge in [0.1, 0.15) is 0 Å². The van der Waals surface area contributed by atoms with Crippen molar-refractivity contribution in [2.45, 2.75) is 46.7 Å². The molecule has 3 N–H and O–H groups in total. The Morgan fingerprint density at radius 3 is 2.24 bits per heavy atom. The maximum absolute atomic E-state index is 13.9. The van der Waals surface area contributed by atoms with Gasteiger partial charge in [-0.1, -0.05) is 73.5 Å². The molecule has 226 valence electrons. The average molecular weight is 616 g/mol. The van der Waals surface area contributed by atoms with E-state index in [0.29, 0.717) is 54.1 Å². The lowest BCUT2D eigenvalue weighted by molar-refractivity contribution is 0.0609. The monoisotopic (exact) mass is 615 g/mol. The molecular weight excluding hydrogens is 578 g/mol. The van der Waals surface area contributed by atoms with Gasteiger partial charge in [-0.25, -0.2) is 4.79 Å². The van der Waals surface area contributed by atoms with Gasteiger partial charge in [-0.15, -0.1) is 0 Å². The lowest BCUT2D eigenvalue weighted by Gasteiger charge is -2.36. The number of halogens is 1. The van der Waals surface area contributed by atoms with Crippen molar-refractivity contribution >= 4 is 33.1 Å². The third-order valence-electron chi connectivity index (χ3n) is 6.65. The molecule has 0 aliphatic rings. The first-order chi connectivity index (χ1) is 19.7. The highest BCUT2D eigenvalue weighted by Crippen LogP contribution is 2.32. The van der Waals surface area contributed by atoms with Crippen LogP contribution in [0.3, 0.4) is 0 Å². The van der Waals surface area contributed by atoms with Crippen LogP contribution in [0, 0.1) is 19.8 Å². The number of carbonyl (C=O) groups excluding carboxylic acids is 1. The van der Waals surface area contributed by atoms with E-state index in [0.717, 1.165) is 16.8 Å². The van der Waals surface area contributed by atoms with Crippen LogP contribution in [0.1, 0.15) is 59.2 Å². The van der Waals surface area contributed by atoms with E-state index in [4.69, 9.17) is 21.9 Å². The molecule has 0 fully saturated rings. The van der Waals surface area contributed by atoms with Crippen molar-refractivity contribution in [1.82, 2.24) is 19.1 Å². The summed E-state index contributed by atoms with van der Waals surface area (Å²) in [5.41, 5.74) is 10.1. The van der Waals surface area contributed by atoms with Crippen LogP contribution in [0.25, 0.3) is 5.52 Å². The molecule has 0 saturated carbocycles. The highest BCUT2D eigenvalue weighted by Gasteiger charge is 2.32. The summed E-state index contributed by atoms with van der Waals surface area (Å²) in [6.45, 7) is 9.15. The second kappa shape index (κ2) is 14.1. The minimum absolute atomic E-state index is 0.00107. The van der Waals surface area contributed by atoms with Gasteiger partial charge in [-0.3, -0.25) is 13.9 Å². The molecule has 10 nitrogen and oxygen atoms in total. The maximum Gasteiger partial charge on any atom is 0.349 e. The van der Waals surface area contributed by atoms with Crippen molar-refractivity contribution in [2.24, 2.45) is 11.7 Å². The second-order valence-electron chi connectivity index (χ2n) is 10.5. The summed E-state index contributed by atoms with van der Waals surface area (Å²) >= 11 is 6.59. The Balaban J connectivity index is 0.000000892. The Hall–Kier alpha value is -3.51. The first-order valence-corrected chi connectivity index (χ1v) is 15.8. The number of benzene rings is 2. The molecule has 0 aliphatic heterocycles. The minimum Gasteiger partial charge on any atom is -0.330 e. The Morgan fingerprint density at radius 2 is 1.69 bits per heavy atom. The van der Waals surface area contributed by atoms with Gasteiger partial charge in [0.2, 0.25) is 0 Å². The highest BCUT2D eigenvalue weighted by atomic mass is 35.5. The van der Waals surface area contributed by atoms with Crippen LogP contribution in [0.15, 0.2) is 65.5 Å². The Labute approximate surface area is 251 Å². The predicted molar refractivity (Wildman–Crippen MR) is 166 cm³/mol. The molecule has 2 aromatic heterocycles. The van der Waals surface area contributed by atoms with Crippen LogP contribution in [0.2, 0.25) is 5.02 Å². The van der Waals surface area contributed by atoms with Gasteiger partial charge < -0.3 is 10.6 Å². The van der Waals surface area contributed by atoms with Gasteiger partial charge in [-0.05, 0) is 56.5 Å². The molecule has 0 bridgehead atoms. The van der Waals surface area contributed by atoms with Gasteiger partial charge >= 0.3 is 5.69 Å². The Morgan fingerprint density at radius 1 is 1.10 bits per heavy atom. The third kappa shape index (κ3) is 8.28. The number of aromatic nitrogens is 3. The molecule has 4 rings (SSSR count). The number of hydrogen-bond donors (Lipinski definition) is 2. The fraction of sp³-hybridized carbons (Fsp3) is 0.367. The van der Waals surface area contributed by atoms with E-state index in [1.807, 2.05) is 72.5 Å².